The van der Waals surface area contributed by atoms with E-state index in [1.165, 1.54) is 12.5 Å². The Balaban J connectivity index is 2.99. The molecule has 1 rings (SSSR count). The highest BCUT2D eigenvalue weighted by Crippen LogP contribution is 2.09. The highest BCUT2D eigenvalue weighted by Gasteiger charge is 2.31. The number of rotatable bonds is 18. The van der Waals surface area contributed by atoms with Crippen LogP contribution in [0.3, 0.4) is 0 Å². The summed E-state index contributed by atoms with van der Waals surface area (Å²) in [5, 5.41) is 25.7. The third-order valence-corrected chi connectivity index (χ3v) is 5.52. The number of H-pyrrole nitrogens is 1. The lowest BCUT2D eigenvalue weighted by molar-refractivity contribution is -0.143. The Bertz CT molecular complexity index is 994. The summed E-state index contributed by atoms with van der Waals surface area (Å²) in [6.07, 6.45) is 2.82. The van der Waals surface area contributed by atoms with Gasteiger partial charge in [0.05, 0.1) is 12.4 Å². The Morgan fingerprint density at radius 1 is 0.974 bits per heavy atom. The number of aliphatic carboxylic acids is 2. The lowest BCUT2D eigenvalue weighted by Crippen LogP contribution is -2.58. The van der Waals surface area contributed by atoms with Crippen molar-refractivity contribution in [2.45, 2.75) is 76.5 Å². The lowest BCUT2D eigenvalue weighted by Gasteiger charge is -2.26. The number of aromatic amines is 1. The number of nitrogens with two attached hydrogens (primary N) is 3. The van der Waals surface area contributed by atoms with Crippen molar-refractivity contribution in [2.24, 2.45) is 28.1 Å². The zero-order chi connectivity index (χ0) is 29.5. The molecule has 1 heterocycles. The number of imidazole rings is 1. The number of carbonyl (C=O) groups excluding carboxylic acids is 3. The molecule has 0 radical (unpaired) electrons. The number of nitrogens with zero attached hydrogens (tertiary/aromatic N) is 2. The van der Waals surface area contributed by atoms with Crippen LogP contribution < -0.4 is 33.2 Å². The minimum Gasteiger partial charge on any atom is -0.481 e. The first kappa shape index (κ1) is 32.8. The predicted octanol–water partition coefficient (Wildman–Crippen LogP) is -2.22. The van der Waals surface area contributed by atoms with E-state index in [1.54, 1.807) is 0 Å². The van der Waals surface area contributed by atoms with Gasteiger partial charge in [-0.1, -0.05) is 13.8 Å². The van der Waals surface area contributed by atoms with Crippen molar-refractivity contribution in [3.8, 4) is 0 Å². The van der Waals surface area contributed by atoms with E-state index in [2.05, 4.69) is 30.9 Å². The zero-order valence-corrected chi connectivity index (χ0v) is 22.1. The maximum absolute atomic E-state index is 13.2. The fraction of sp³-hybridized carbons (Fsp3) is 0.609. The average Bonchev–Trinajstić information content (AvgIpc) is 3.35. The second-order valence-electron chi connectivity index (χ2n) is 9.42. The molecule has 0 fully saturated rings. The number of hydrogen-bond donors (Lipinski definition) is 9. The minimum absolute atomic E-state index is 0.0218. The number of carboxylic acid groups (broad SMARTS) is 2. The summed E-state index contributed by atoms with van der Waals surface area (Å²) in [5.41, 5.74) is 17.0. The molecular weight excluding hydrogens is 514 g/mol. The van der Waals surface area contributed by atoms with Gasteiger partial charge in [-0.3, -0.25) is 24.2 Å². The first-order chi connectivity index (χ1) is 18.3. The van der Waals surface area contributed by atoms with Gasteiger partial charge in [0.15, 0.2) is 5.96 Å². The van der Waals surface area contributed by atoms with Crippen LogP contribution in [0.15, 0.2) is 17.5 Å². The molecular formula is C23H39N9O7. The Hall–Kier alpha value is -4.21. The van der Waals surface area contributed by atoms with Crippen LogP contribution in [0.5, 0.6) is 0 Å². The second kappa shape index (κ2) is 16.6. The monoisotopic (exact) mass is 553 g/mol. The molecule has 0 aliphatic rings. The van der Waals surface area contributed by atoms with Gasteiger partial charge < -0.3 is 48.3 Å². The molecule has 218 valence electrons. The third-order valence-electron chi connectivity index (χ3n) is 5.52. The van der Waals surface area contributed by atoms with Gasteiger partial charge in [-0.15, -0.1) is 0 Å². The number of amides is 3. The number of nitrogens with one attached hydrogen (secondary N) is 4. The number of aliphatic imine (C=N–C) groups is 1. The molecule has 12 N–H and O–H groups in total. The maximum atomic E-state index is 13.2. The van der Waals surface area contributed by atoms with Crippen molar-refractivity contribution in [1.29, 1.82) is 0 Å². The number of hydrogen-bond acceptors (Lipinski definition) is 8. The molecule has 0 saturated carbocycles. The summed E-state index contributed by atoms with van der Waals surface area (Å²) in [4.78, 5) is 71.9. The van der Waals surface area contributed by atoms with Gasteiger partial charge in [-0.2, -0.15) is 0 Å². The van der Waals surface area contributed by atoms with E-state index >= 15 is 0 Å². The zero-order valence-electron chi connectivity index (χ0n) is 22.1. The molecule has 0 aromatic carbocycles. The summed E-state index contributed by atoms with van der Waals surface area (Å²) >= 11 is 0. The van der Waals surface area contributed by atoms with Crippen LogP contribution in [-0.2, 0) is 30.4 Å². The van der Waals surface area contributed by atoms with Crippen LogP contribution in [0.25, 0.3) is 0 Å². The van der Waals surface area contributed by atoms with E-state index in [-0.39, 0.29) is 44.1 Å². The molecule has 0 aliphatic carbocycles. The molecule has 1 aromatic heterocycles. The fourth-order valence-corrected chi connectivity index (χ4v) is 3.53. The smallest absolute Gasteiger partial charge is 0.326 e. The molecule has 4 unspecified atom stereocenters. The molecule has 39 heavy (non-hydrogen) atoms. The van der Waals surface area contributed by atoms with E-state index in [4.69, 9.17) is 22.3 Å². The molecule has 4 atom stereocenters. The Labute approximate surface area is 225 Å². The van der Waals surface area contributed by atoms with Crippen LogP contribution in [0.4, 0.5) is 0 Å². The van der Waals surface area contributed by atoms with Crippen molar-refractivity contribution in [3.05, 3.63) is 18.2 Å². The summed E-state index contributed by atoms with van der Waals surface area (Å²) in [7, 11) is 0. The van der Waals surface area contributed by atoms with Gasteiger partial charge in [-0.05, 0) is 31.6 Å². The highest BCUT2D eigenvalue weighted by atomic mass is 16.4. The SMILES string of the molecule is CC(C)CC(NC(=O)C(N)CCCN=C(N)N)C(=O)NC(Cc1cnc[nH]1)C(=O)NC(CCC(=O)O)C(=O)O. The van der Waals surface area contributed by atoms with Crippen molar-refractivity contribution < 1.29 is 34.2 Å². The Morgan fingerprint density at radius 2 is 1.59 bits per heavy atom. The van der Waals surface area contributed by atoms with Gasteiger partial charge >= 0.3 is 11.9 Å². The van der Waals surface area contributed by atoms with Gasteiger partial charge in [0.2, 0.25) is 17.7 Å². The van der Waals surface area contributed by atoms with Crippen LogP contribution in [0.2, 0.25) is 0 Å². The van der Waals surface area contributed by atoms with E-state index in [1.807, 2.05) is 13.8 Å². The first-order valence-corrected chi connectivity index (χ1v) is 12.4. The molecule has 16 nitrogen and oxygen atoms in total. The topological polar surface area (TPSA) is 281 Å². The maximum Gasteiger partial charge on any atom is 0.326 e. The van der Waals surface area contributed by atoms with Crippen LogP contribution in [0.1, 0.15) is 51.6 Å². The minimum atomic E-state index is -1.49. The van der Waals surface area contributed by atoms with E-state index in [9.17, 15) is 29.1 Å². The average molecular weight is 554 g/mol. The predicted molar refractivity (Wildman–Crippen MR) is 140 cm³/mol. The van der Waals surface area contributed by atoms with E-state index < -0.39 is 60.2 Å². The van der Waals surface area contributed by atoms with Crippen molar-refractivity contribution in [3.63, 3.8) is 0 Å². The molecule has 3 amide bonds. The summed E-state index contributed by atoms with van der Waals surface area (Å²) in [6, 6.07) is -4.72. The molecule has 0 saturated heterocycles. The number of carboxylic acids is 2. The van der Waals surface area contributed by atoms with Crippen molar-refractivity contribution >= 4 is 35.6 Å². The summed E-state index contributed by atoms with van der Waals surface area (Å²) in [6.45, 7) is 3.97. The van der Waals surface area contributed by atoms with Crippen molar-refractivity contribution in [2.75, 3.05) is 6.54 Å². The standard InChI is InChI=1S/C23H39N9O7/c1-12(2)8-16(31-19(35)14(24)4-3-7-28-23(25)26)20(36)32-17(9-13-10-27-11-29-13)21(37)30-15(22(38)39)5-6-18(33)34/h10-12,14-17H,3-9,24H2,1-2H3,(H,27,29)(H,30,37)(H,31,35)(H,32,36)(H,33,34)(H,38,39)(H4,25,26,28). The molecule has 0 bridgehead atoms. The van der Waals surface area contributed by atoms with Crippen LogP contribution in [-0.4, -0.2) is 86.5 Å². The number of carbonyl (C=O) groups is 5. The largest absolute Gasteiger partial charge is 0.481 e. The fourth-order valence-electron chi connectivity index (χ4n) is 3.53. The molecule has 0 aliphatic heterocycles. The quantitative estimate of drug-likeness (QED) is 0.0533. The Morgan fingerprint density at radius 3 is 2.13 bits per heavy atom. The van der Waals surface area contributed by atoms with Crippen LogP contribution in [0, 0.1) is 5.92 Å². The molecule has 16 heteroatoms. The number of aromatic nitrogens is 2. The summed E-state index contributed by atoms with van der Waals surface area (Å²) in [5.74, 6) is -4.84. The van der Waals surface area contributed by atoms with Gasteiger partial charge in [0, 0.05) is 31.3 Å². The first-order valence-electron chi connectivity index (χ1n) is 12.4. The molecule has 0 spiro atoms. The van der Waals surface area contributed by atoms with Gasteiger partial charge in [0.1, 0.15) is 18.1 Å². The summed E-state index contributed by atoms with van der Waals surface area (Å²) < 4.78 is 0. The van der Waals surface area contributed by atoms with Gasteiger partial charge in [0.25, 0.3) is 0 Å². The third kappa shape index (κ3) is 13.2. The molecule has 1 aromatic rings. The van der Waals surface area contributed by atoms with Crippen molar-refractivity contribution in [1.82, 2.24) is 25.9 Å². The van der Waals surface area contributed by atoms with Crippen LogP contribution >= 0.6 is 0 Å². The highest BCUT2D eigenvalue weighted by molar-refractivity contribution is 5.94. The number of guanidine groups is 1. The lowest BCUT2D eigenvalue weighted by atomic mass is 10.0. The second-order valence-corrected chi connectivity index (χ2v) is 9.42. The van der Waals surface area contributed by atoms with Gasteiger partial charge in [-0.25, -0.2) is 9.78 Å². The van der Waals surface area contributed by atoms with E-state index in [0.717, 1.165) is 0 Å². The Kier molecular flexibility index (Phi) is 14.0. The van der Waals surface area contributed by atoms with E-state index in [0.29, 0.717) is 12.1 Å². The normalized spacial score (nSPS) is 13.9.